The number of ketones is 1. The number of carbonyl (C=O) groups excluding carboxylic acids is 1. The van der Waals surface area contributed by atoms with Crippen molar-refractivity contribution in [3.05, 3.63) is 41.7 Å². The van der Waals surface area contributed by atoms with Gasteiger partial charge in [-0.05, 0) is 36.0 Å². The van der Waals surface area contributed by atoms with Crippen LogP contribution < -0.4 is 0 Å². The molecule has 0 aliphatic rings. The van der Waals surface area contributed by atoms with E-state index in [4.69, 9.17) is 5.26 Å². The van der Waals surface area contributed by atoms with Crippen LogP contribution in [0.2, 0.25) is 0 Å². The number of hydrogen-bond donors (Lipinski definition) is 1. The van der Waals surface area contributed by atoms with Gasteiger partial charge in [-0.25, -0.2) is 0 Å². The molecule has 0 aliphatic heterocycles. The second-order valence-corrected chi connectivity index (χ2v) is 6.07. The van der Waals surface area contributed by atoms with Crippen LogP contribution in [0.25, 0.3) is 10.9 Å². The summed E-state index contributed by atoms with van der Waals surface area (Å²) in [7, 11) is 3.35. The largest absolute Gasteiger partial charge is 0.446 e. The van der Waals surface area contributed by atoms with Crippen molar-refractivity contribution in [2.24, 2.45) is 0 Å². The van der Waals surface area contributed by atoms with Gasteiger partial charge in [0.1, 0.15) is 11.6 Å². The third kappa shape index (κ3) is 4.29. The number of halogens is 3. The lowest BCUT2D eigenvalue weighted by Crippen LogP contribution is -2.09. The summed E-state index contributed by atoms with van der Waals surface area (Å²) in [5.74, 6) is -0.512. The minimum absolute atomic E-state index is 0.0346. The number of benzene rings is 1. The number of rotatable bonds is 4. The Hall–Kier alpha value is -2.40. The van der Waals surface area contributed by atoms with E-state index >= 15 is 0 Å². The molecule has 2 aromatic rings. The van der Waals surface area contributed by atoms with Crippen molar-refractivity contribution in [1.82, 2.24) is 9.88 Å². The maximum absolute atomic E-state index is 12.4. The highest BCUT2D eigenvalue weighted by atomic mass is 32.2. The molecule has 1 aromatic heterocycles. The van der Waals surface area contributed by atoms with E-state index in [1.165, 1.54) is 30.5 Å². The van der Waals surface area contributed by atoms with E-state index in [-0.39, 0.29) is 27.9 Å². The number of fused-ring (bicyclic) bond motifs is 1. The summed E-state index contributed by atoms with van der Waals surface area (Å²) in [6, 6.07) is 7.41. The lowest BCUT2D eigenvalue weighted by molar-refractivity contribution is -0.0328. The van der Waals surface area contributed by atoms with E-state index in [1.54, 1.807) is 19.0 Å². The lowest BCUT2D eigenvalue weighted by atomic mass is 10.1. The summed E-state index contributed by atoms with van der Waals surface area (Å²) in [6.07, 6.45) is 1.39. The van der Waals surface area contributed by atoms with Crippen molar-refractivity contribution in [3.8, 4) is 6.07 Å². The molecule has 4 nitrogen and oxygen atoms in total. The smallest absolute Gasteiger partial charge is 0.382 e. The average molecular weight is 339 g/mol. The third-order valence-corrected chi connectivity index (χ3v) is 3.54. The Labute approximate surface area is 134 Å². The molecule has 0 spiro atoms. The van der Waals surface area contributed by atoms with Crippen LogP contribution in [-0.2, 0) is 0 Å². The highest BCUT2D eigenvalue weighted by Crippen LogP contribution is 2.37. The first kappa shape index (κ1) is 17.0. The molecule has 1 heterocycles. The summed E-state index contributed by atoms with van der Waals surface area (Å²) in [5.41, 5.74) is -3.75. The van der Waals surface area contributed by atoms with Crippen LogP contribution in [0.3, 0.4) is 0 Å². The van der Waals surface area contributed by atoms with Crippen LogP contribution in [-0.4, -0.2) is 35.3 Å². The molecule has 23 heavy (non-hydrogen) atoms. The Morgan fingerprint density at radius 1 is 1.35 bits per heavy atom. The second-order valence-electron chi connectivity index (χ2n) is 4.93. The summed E-state index contributed by atoms with van der Waals surface area (Å²) in [5, 5.41) is 9.52. The van der Waals surface area contributed by atoms with E-state index < -0.39 is 11.3 Å². The van der Waals surface area contributed by atoms with Crippen LogP contribution in [0, 0.1) is 11.3 Å². The predicted octanol–water partition coefficient (Wildman–Crippen LogP) is 3.93. The molecule has 0 saturated carbocycles. The van der Waals surface area contributed by atoms with Gasteiger partial charge in [-0.2, -0.15) is 18.4 Å². The predicted molar refractivity (Wildman–Crippen MR) is 81.9 cm³/mol. The number of hydrogen-bond acceptors (Lipinski definition) is 4. The zero-order chi connectivity index (χ0) is 17.2. The number of aromatic nitrogens is 1. The fourth-order valence-corrected chi connectivity index (χ4v) is 2.56. The number of allylic oxidation sites excluding steroid dienone is 1. The van der Waals surface area contributed by atoms with Gasteiger partial charge in [-0.15, -0.1) is 0 Å². The van der Waals surface area contributed by atoms with Gasteiger partial charge in [0.15, 0.2) is 0 Å². The van der Waals surface area contributed by atoms with Gasteiger partial charge in [-0.3, -0.25) is 4.79 Å². The highest BCUT2D eigenvalue weighted by Gasteiger charge is 2.29. The number of carbonyl (C=O) groups is 1. The molecule has 2 rings (SSSR count). The topological polar surface area (TPSA) is 59.9 Å². The summed E-state index contributed by atoms with van der Waals surface area (Å²) >= 11 is -0.217. The number of nitrogens with one attached hydrogen (secondary N) is 1. The van der Waals surface area contributed by atoms with Crippen molar-refractivity contribution < 1.29 is 18.0 Å². The molecule has 0 fully saturated rings. The highest BCUT2D eigenvalue weighted by molar-refractivity contribution is 8.00. The average Bonchev–Trinajstić information content (AvgIpc) is 2.85. The first-order valence-electron chi connectivity index (χ1n) is 6.41. The standard InChI is InChI=1S/C15H12F3N3OS/c1-21(2)8-10(7-19)14(22)13-6-9-5-11(23-15(16,17)18)3-4-12(9)20-13/h3-6,8,20H,1-2H3. The molecule has 0 bridgehead atoms. The van der Waals surface area contributed by atoms with Gasteiger partial charge in [0.2, 0.25) is 5.78 Å². The van der Waals surface area contributed by atoms with Crippen LogP contribution in [0.4, 0.5) is 13.2 Å². The molecule has 0 unspecified atom stereocenters. The SMILES string of the molecule is CN(C)C=C(C#N)C(=O)c1cc2cc(SC(F)(F)F)ccc2[nH]1. The monoisotopic (exact) mass is 339 g/mol. The summed E-state index contributed by atoms with van der Waals surface area (Å²) in [4.78, 5) is 16.7. The zero-order valence-electron chi connectivity index (χ0n) is 12.2. The number of nitrogens with zero attached hydrogens (tertiary/aromatic N) is 2. The maximum atomic E-state index is 12.4. The maximum Gasteiger partial charge on any atom is 0.446 e. The Kier molecular flexibility index (Phi) is 4.71. The number of H-pyrrole nitrogens is 1. The van der Waals surface area contributed by atoms with Crippen LogP contribution >= 0.6 is 11.8 Å². The third-order valence-electron chi connectivity index (χ3n) is 2.82. The summed E-state index contributed by atoms with van der Waals surface area (Å²) < 4.78 is 37.2. The molecule has 1 N–H and O–H groups in total. The van der Waals surface area contributed by atoms with Gasteiger partial charge in [-0.1, -0.05) is 0 Å². The van der Waals surface area contributed by atoms with Crippen molar-refractivity contribution >= 4 is 28.4 Å². The lowest BCUT2D eigenvalue weighted by Gasteiger charge is -2.04. The Morgan fingerprint density at radius 2 is 2.04 bits per heavy atom. The van der Waals surface area contributed by atoms with E-state index in [9.17, 15) is 18.0 Å². The van der Waals surface area contributed by atoms with Crippen molar-refractivity contribution in [1.29, 1.82) is 5.26 Å². The Balaban J connectivity index is 2.37. The quantitative estimate of drug-likeness (QED) is 0.397. The van der Waals surface area contributed by atoms with E-state index in [2.05, 4.69) is 4.98 Å². The van der Waals surface area contributed by atoms with Gasteiger partial charge in [0.05, 0.1) is 5.69 Å². The molecule has 1 aromatic carbocycles. The number of alkyl halides is 3. The van der Waals surface area contributed by atoms with Gasteiger partial charge in [0.25, 0.3) is 0 Å². The second kappa shape index (κ2) is 6.38. The van der Waals surface area contributed by atoms with Crippen molar-refractivity contribution in [2.75, 3.05) is 14.1 Å². The van der Waals surface area contributed by atoms with Gasteiger partial charge >= 0.3 is 5.51 Å². The summed E-state index contributed by atoms with van der Waals surface area (Å²) in [6.45, 7) is 0. The Bertz CT molecular complexity index is 815. The molecule has 0 amide bonds. The minimum atomic E-state index is -4.37. The van der Waals surface area contributed by atoms with Crippen LogP contribution in [0.5, 0.6) is 0 Å². The molecule has 0 atom stereocenters. The number of Topliss-reactive ketones (excluding diaryl/α,β-unsaturated/α-hetero) is 1. The van der Waals surface area contributed by atoms with Crippen molar-refractivity contribution in [2.45, 2.75) is 10.4 Å². The van der Waals surface area contributed by atoms with Gasteiger partial charge in [0, 0.05) is 36.1 Å². The molecule has 0 saturated heterocycles. The molecule has 0 aliphatic carbocycles. The molecule has 0 radical (unpaired) electrons. The number of thioether (sulfide) groups is 1. The van der Waals surface area contributed by atoms with E-state index in [0.29, 0.717) is 10.9 Å². The number of nitriles is 1. The number of aromatic amines is 1. The van der Waals surface area contributed by atoms with E-state index in [0.717, 1.165) is 0 Å². The fourth-order valence-electron chi connectivity index (χ4n) is 1.97. The Morgan fingerprint density at radius 3 is 2.61 bits per heavy atom. The molecular formula is C15H12F3N3OS. The van der Waals surface area contributed by atoms with E-state index in [1.807, 2.05) is 6.07 Å². The van der Waals surface area contributed by atoms with Gasteiger partial charge < -0.3 is 9.88 Å². The minimum Gasteiger partial charge on any atom is -0.382 e. The zero-order valence-corrected chi connectivity index (χ0v) is 13.0. The molecule has 8 heteroatoms. The first-order chi connectivity index (χ1) is 10.7. The fraction of sp³-hybridized carbons (Fsp3) is 0.200. The van der Waals surface area contributed by atoms with Crippen LogP contribution in [0.15, 0.2) is 40.9 Å². The molecule has 120 valence electrons. The van der Waals surface area contributed by atoms with Crippen molar-refractivity contribution in [3.63, 3.8) is 0 Å². The first-order valence-corrected chi connectivity index (χ1v) is 7.23. The normalized spacial score (nSPS) is 12.3. The molecular weight excluding hydrogens is 327 g/mol. The van der Waals surface area contributed by atoms with Crippen LogP contribution in [0.1, 0.15) is 10.5 Å².